The van der Waals surface area contributed by atoms with Crippen LogP contribution >= 0.6 is 0 Å². The minimum absolute atomic E-state index is 0.150. The first-order valence-corrected chi connectivity index (χ1v) is 7.67. The van der Waals surface area contributed by atoms with Crippen LogP contribution in [0.2, 0.25) is 0 Å². The molecule has 20 heavy (non-hydrogen) atoms. The van der Waals surface area contributed by atoms with Gasteiger partial charge < -0.3 is 9.84 Å². The molecule has 2 nitrogen and oxygen atoms in total. The van der Waals surface area contributed by atoms with Gasteiger partial charge >= 0.3 is 0 Å². The largest absolute Gasteiger partial charge is 0.386 e. The lowest BCUT2D eigenvalue weighted by Crippen LogP contribution is -2.12. The van der Waals surface area contributed by atoms with Crippen LogP contribution in [-0.4, -0.2) is 18.3 Å². The zero-order chi connectivity index (χ0) is 15.2. The maximum atomic E-state index is 10.1. The van der Waals surface area contributed by atoms with Gasteiger partial charge in [-0.25, -0.2) is 0 Å². The van der Waals surface area contributed by atoms with E-state index in [0.717, 1.165) is 18.6 Å². The number of hydrogen-bond donors (Lipinski definition) is 1. The Bertz CT molecular complexity index is 373. The van der Waals surface area contributed by atoms with Crippen LogP contribution in [0.15, 0.2) is 24.3 Å². The summed E-state index contributed by atoms with van der Waals surface area (Å²) in [7, 11) is 0. The van der Waals surface area contributed by atoms with E-state index in [1.54, 1.807) is 0 Å². The Hall–Kier alpha value is -0.860. The van der Waals surface area contributed by atoms with Crippen LogP contribution in [0, 0.1) is 5.92 Å². The molecule has 0 aliphatic heterocycles. The van der Waals surface area contributed by atoms with Gasteiger partial charge in [0.15, 0.2) is 0 Å². The summed E-state index contributed by atoms with van der Waals surface area (Å²) in [6.45, 7) is 12.1. The van der Waals surface area contributed by atoms with Crippen molar-refractivity contribution in [2.24, 2.45) is 5.92 Å². The van der Waals surface area contributed by atoms with Crippen molar-refractivity contribution in [2.75, 3.05) is 13.2 Å². The van der Waals surface area contributed by atoms with Crippen LogP contribution in [0.25, 0.3) is 0 Å². The predicted molar refractivity (Wildman–Crippen MR) is 85.0 cm³/mol. The van der Waals surface area contributed by atoms with Gasteiger partial charge in [-0.15, -0.1) is 0 Å². The van der Waals surface area contributed by atoms with E-state index in [2.05, 4.69) is 46.8 Å². The van der Waals surface area contributed by atoms with Crippen molar-refractivity contribution in [3.63, 3.8) is 0 Å². The van der Waals surface area contributed by atoms with Crippen LogP contribution in [-0.2, 0) is 10.2 Å². The first-order chi connectivity index (χ1) is 9.30. The van der Waals surface area contributed by atoms with Gasteiger partial charge in [-0.05, 0) is 35.3 Å². The second kappa shape index (κ2) is 7.80. The number of hydrogen-bond acceptors (Lipinski definition) is 2. The van der Waals surface area contributed by atoms with Gasteiger partial charge in [0.1, 0.15) is 6.10 Å². The first kappa shape index (κ1) is 17.2. The van der Waals surface area contributed by atoms with Gasteiger partial charge in [-0.3, -0.25) is 0 Å². The van der Waals surface area contributed by atoms with E-state index < -0.39 is 6.10 Å². The summed E-state index contributed by atoms with van der Waals surface area (Å²) >= 11 is 0. The summed E-state index contributed by atoms with van der Waals surface area (Å²) in [5, 5.41) is 10.1. The molecule has 0 radical (unpaired) electrons. The van der Waals surface area contributed by atoms with Crippen molar-refractivity contribution in [3.05, 3.63) is 35.4 Å². The summed E-state index contributed by atoms with van der Waals surface area (Å²) in [4.78, 5) is 0. The molecule has 1 N–H and O–H groups in total. The van der Waals surface area contributed by atoms with Gasteiger partial charge in [0.05, 0.1) is 6.61 Å². The molecular formula is C18H30O2. The third-order valence-corrected chi connectivity index (χ3v) is 3.51. The Kier molecular flexibility index (Phi) is 6.70. The fourth-order valence-corrected chi connectivity index (χ4v) is 2.09. The molecule has 1 atom stereocenters. The molecule has 0 bridgehead atoms. The van der Waals surface area contributed by atoms with E-state index in [0.29, 0.717) is 12.5 Å². The highest BCUT2D eigenvalue weighted by Gasteiger charge is 2.14. The van der Waals surface area contributed by atoms with Gasteiger partial charge in [-0.2, -0.15) is 0 Å². The Morgan fingerprint density at radius 3 is 2.20 bits per heavy atom. The monoisotopic (exact) mass is 278 g/mol. The van der Waals surface area contributed by atoms with Crippen molar-refractivity contribution >= 4 is 0 Å². The Balaban J connectivity index is 2.38. The van der Waals surface area contributed by atoms with E-state index in [9.17, 15) is 5.11 Å². The zero-order valence-electron chi connectivity index (χ0n) is 13.6. The molecule has 1 aromatic rings. The number of ether oxygens (including phenoxy) is 1. The number of rotatable bonds is 7. The fraction of sp³-hybridized carbons (Fsp3) is 0.667. The average Bonchev–Trinajstić information content (AvgIpc) is 2.37. The topological polar surface area (TPSA) is 29.5 Å². The molecule has 0 fully saturated rings. The normalized spacial score (nSPS) is 13.8. The van der Waals surface area contributed by atoms with Crippen molar-refractivity contribution in [2.45, 2.75) is 59.0 Å². The van der Waals surface area contributed by atoms with Gasteiger partial charge in [-0.1, -0.05) is 58.9 Å². The third-order valence-electron chi connectivity index (χ3n) is 3.51. The molecule has 1 aromatic carbocycles. The van der Waals surface area contributed by atoms with E-state index in [1.807, 2.05) is 12.1 Å². The molecule has 0 aliphatic rings. The second-order valence-electron chi connectivity index (χ2n) is 7.00. The van der Waals surface area contributed by atoms with Crippen molar-refractivity contribution in [1.82, 2.24) is 0 Å². The summed E-state index contributed by atoms with van der Waals surface area (Å²) in [5.41, 5.74) is 2.37. The highest BCUT2D eigenvalue weighted by molar-refractivity contribution is 5.28. The average molecular weight is 278 g/mol. The van der Waals surface area contributed by atoms with Crippen LogP contribution < -0.4 is 0 Å². The molecule has 0 aliphatic carbocycles. The van der Waals surface area contributed by atoms with Crippen LogP contribution in [0.5, 0.6) is 0 Å². The lowest BCUT2D eigenvalue weighted by atomic mass is 9.86. The number of aliphatic hydroxyl groups excluding tert-OH is 1. The third kappa shape index (κ3) is 6.06. The number of aliphatic hydroxyl groups is 1. The van der Waals surface area contributed by atoms with E-state index in [4.69, 9.17) is 4.74 Å². The molecular weight excluding hydrogens is 248 g/mol. The standard InChI is InChI=1S/C18H30O2/c1-14(2)7-6-12-20-13-17(19)15-8-10-16(11-9-15)18(3,4)5/h8-11,14,17,19H,6-7,12-13H2,1-5H3. The minimum atomic E-state index is -0.525. The molecule has 0 saturated carbocycles. The molecule has 0 heterocycles. The van der Waals surface area contributed by atoms with Crippen LogP contribution in [0.1, 0.15) is 64.7 Å². The van der Waals surface area contributed by atoms with Crippen LogP contribution in [0.3, 0.4) is 0 Å². The number of benzene rings is 1. The molecule has 0 aromatic heterocycles. The lowest BCUT2D eigenvalue weighted by Gasteiger charge is -2.20. The highest BCUT2D eigenvalue weighted by atomic mass is 16.5. The lowest BCUT2D eigenvalue weighted by molar-refractivity contribution is 0.0337. The van der Waals surface area contributed by atoms with Crippen molar-refractivity contribution in [3.8, 4) is 0 Å². The van der Waals surface area contributed by atoms with Crippen LogP contribution in [0.4, 0.5) is 0 Å². The summed E-state index contributed by atoms with van der Waals surface area (Å²) in [5.74, 6) is 0.716. The van der Waals surface area contributed by atoms with Gasteiger partial charge in [0.2, 0.25) is 0 Å². The second-order valence-corrected chi connectivity index (χ2v) is 7.00. The minimum Gasteiger partial charge on any atom is -0.386 e. The molecule has 2 heteroatoms. The molecule has 114 valence electrons. The smallest absolute Gasteiger partial charge is 0.102 e. The summed E-state index contributed by atoms with van der Waals surface area (Å²) in [6.07, 6.45) is 1.71. The summed E-state index contributed by atoms with van der Waals surface area (Å²) in [6, 6.07) is 8.19. The SMILES string of the molecule is CC(C)CCCOCC(O)c1ccc(C(C)(C)C)cc1. The van der Waals surface area contributed by atoms with E-state index in [1.165, 1.54) is 12.0 Å². The Morgan fingerprint density at radius 2 is 1.70 bits per heavy atom. The highest BCUT2D eigenvalue weighted by Crippen LogP contribution is 2.24. The van der Waals surface area contributed by atoms with Crippen molar-refractivity contribution < 1.29 is 9.84 Å². The maximum Gasteiger partial charge on any atom is 0.102 e. The zero-order valence-corrected chi connectivity index (χ0v) is 13.6. The summed E-state index contributed by atoms with van der Waals surface area (Å²) < 4.78 is 5.55. The Labute approximate surface area is 124 Å². The maximum absolute atomic E-state index is 10.1. The first-order valence-electron chi connectivity index (χ1n) is 7.67. The quantitative estimate of drug-likeness (QED) is 0.746. The molecule has 0 saturated heterocycles. The van der Waals surface area contributed by atoms with Gasteiger partial charge in [0, 0.05) is 6.61 Å². The predicted octanol–water partition coefficient (Wildman–Crippen LogP) is 4.47. The molecule has 0 amide bonds. The molecule has 1 rings (SSSR count). The molecule has 1 unspecified atom stereocenters. The van der Waals surface area contributed by atoms with E-state index in [-0.39, 0.29) is 5.41 Å². The molecule has 0 spiro atoms. The van der Waals surface area contributed by atoms with E-state index >= 15 is 0 Å². The van der Waals surface area contributed by atoms with Crippen molar-refractivity contribution in [1.29, 1.82) is 0 Å². The van der Waals surface area contributed by atoms with Gasteiger partial charge in [0.25, 0.3) is 0 Å². The fourth-order valence-electron chi connectivity index (χ4n) is 2.09. The Morgan fingerprint density at radius 1 is 1.10 bits per heavy atom.